The largest absolute Gasteiger partial charge is 0.368 e. The molecule has 3 aromatic rings. The molecule has 4 rings (SSSR count). The number of benzene rings is 3. The van der Waals surface area contributed by atoms with E-state index in [4.69, 9.17) is 0 Å². The van der Waals surface area contributed by atoms with Gasteiger partial charge in [-0.2, -0.15) is 0 Å². The lowest BCUT2D eigenvalue weighted by molar-refractivity contribution is -0.138. The van der Waals surface area contributed by atoms with Crippen LogP contribution in [0.1, 0.15) is 35.3 Å². The van der Waals surface area contributed by atoms with Crippen molar-refractivity contribution < 1.29 is 14.4 Å². The van der Waals surface area contributed by atoms with Crippen LogP contribution in [-0.2, 0) is 16.1 Å². The molecule has 1 saturated heterocycles. The Morgan fingerprint density at radius 1 is 0.842 bits per heavy atom. The average molecular weight is 513 g/mol. The molecule has 7 nitrogen and oxygen atoms in total. The van der Waals surface area contributed by atoms with E-state index in [1.807, 2.05) is 105 Å². The number of amides is 3. The monoisotopic (exact) mass is 512 g/mol. The standard InChI is InChI=1S/C31H36N4O3/c1-23(2)30(37)35(21-25-7-5-4-6-8-25)22-29(36)32-27-13-15-28(16-14-27)33-17-19-34(20-18-33)31(38)26-11-9-24(3)10-12-26/h4-16,23H,17-22H2,1-3H3,(H,32,36). The summed E-state index contributed by atoms with van der Waals surface area (Å²) in [6.45, 7) is 8.89. The second-order valence-electron chi connectivity index (χ2n) is 10.1. The van der Waals surface area contributed by atoms with Crippen molar-refractivity contribution in [3.63, 3.8) is 0 Å². The van der Waals surface area contributed by atoms with E-state index in [-0.39, 0.29) is 30.2 Å². The highest BCUT2D eigenvalue weighted by atomic mass is 16.2. The summed E-state index contributed by atoms with van der Waals surface area (Å²) in [6.07, 6.45) is 0. The Hall–Kier alpha value is -4.13. The van der Waals surface area contributed by atoms with Gasteiger partial charge in [-0.1, -0.05) is 61.9 Å². The molecule has 0 aliphatic carbocycles. The topological polar surface area (TPSA) is 73.0 Å². The lowest BCUT2D eigenvalue weighted by atomic mass is 10.1. The minimum atomic E-state index is -0.231. The summed E-state index contributed by atoms with van der Waals surface area (Å²) in [6, 6.07) is 25.1. The fraction of sp³-hybridized carbons (Fsp3) is 0.323. The summed E-state index contributed by atoms with van der Waals surface area (Å²) >= 11 is 0. The van der Waals surface area contributed by atoms with E-state index in [1.165, 1.54) is 0 Å². The minimum absolute atomic E-state index is 0.00930. The van der Waals surface area contributed by atoms with Crippen LogP contribution in [0.25, 0.3) is 0 Å². The summed E-state index contributed by atoms with van der Waals surface area (Å²) in [7, 11) is 0. The van der Waals surface area contributed by atoms with Gasteiger partial charge in [0.15, 0.2) is 0 Å². The van der Waals surface area contributed by atoms with Crippen LogP contribution in [0, 0.1) is 12.8 Å². The van der Waals surface area contributed by atoms with E-state index < -0.39 is 0 Å². The molecule has 198 valence electrons. The van der Waals surface area contributed by atoms with Crippen molar-refractivity contribution in [2.24, 2.45) is 5.92 Å². The number of rotatable bonds is 8. The summed E-state index contributed by atoms with van der Waals surface area (Å²) in [5.41, 5.74) is 4.58. The summed E-state index contributed by atoms with van der Waals surface area (Å²) < 4.78 is 0. The van der Waals surface area contributed by atoms with E-state index >= 15 is 0 Å². The number of nitrogens with zero attached hydrogens (tertiary/aromatic N) is 3. The highest BCUT2D eigenvalue weighted by Gasteiger charge is 2.23. The van der Waals surface area contributed by atoms with Crippen molar-refractivity contribution in [3.8, 4) is 0 Å². The van der Waals surface area contributed by atoms with Gasteiger partial charge in [0.1, 0.15) is 6.54 Å². The SMILES string of the molecule is Cc1ccc(C(=O)N2CCN(c3ccc(NC(=O)CN(Cc4ccccc4)C(=O)C(C)C)cc3)CC2)cc1. The van der Waals surface area contributed by atoms with Gasteiger partial charge in [0.2, 0.25) is 11.8 Å². The van der Waals surface area contributed by atoms with Crippen LogP contribution < -0.4 is 10.2 Å². The first-order valence-electron chi connectivity index (χ1n) is 13.1. The Morgan fingerprint density at radius 2 is 1.47 bits per heavy atom. The maximum atomic E-state index is 12.8. The number of nitrogens with one attached hydrogen (secondary N) is 1. The Balaban J connectivity index is 1.30. The molecule has 7 heteroatoms. The van der Waals surface area contributed by atoms with Crippen LogP contribution in [-0.4, -0.2) is 60.2 Å². The zero-order chi connectivity index (χ0) is 27.1. The molecule has 1 aliphatic rings. The Bertz CT molecular complexity index is 1230. The van der Waals surface area contributed by atoms with E-state index in [0.717, 1.165) is 35.5 Å². The van der Waals surface area contributed by atoms with Gasteiger partial charge in [-0.25, -0.2) is 0 Å². The lowest BCUT2D eigenvalue weighted by Crippen LogP contribution is -2.48. The van der Waals surface area contributed by atoms with Crippen LogP contribution in [0.4, 0.5) is 11.4 Å². The van der Waals surface area contributed by atoms with E-state index in [0.29, 0.717) is 25.3 Å². The normalized spacial score (nSPS) is 13.4. The van der Waals surface area contributed by atoms with Crippen LogP contribution in [0.5, 0.6) is 0 Å². The molecule has 3 amide bonds. The first-order chi connectivity index (χ1) is 18.3. The van der Waals surface area contributed by atoms with Crippen molar-refractivity contribution in [1.29, 1.82) is 0 Å². The molecule has 1 fully saturated rings. The van der Waals surface area contributed by atoms with Crippen LogP contribution in [0.15, 0.2) is 78.9 Å². The molecule has 0 bridgehead atoms. The van der Waals surface area contributed by atoms with Crippen molar-refractivity contribution in [3.05, 3.63) is 95.6 Å². The third-order valence-corrected chi connectivity index (χ3v) is 6.74. The van der Waals surface area contributed by atoms with E-state index in [2.05, 4.69) is 10.2 Å². The van der Waals surface area contributed by atoms with Gasteiger partial charge in [-0.05, 0) is 48.9 Å². The number of carbonyl (C=O) groups is 3. The zero-order valence-electron chi connectivity index (χ0n) is 22.4. The smallest absolute Gasteiger partial charge is 0.253 e. The molecule has 3 aromatic carbocycles. The highest BCUT2D eigenvalue weighted by Crippen LogP contribution is 2.21. The maximum absolute atomic E-state index is 12.8. The van der Waals surface area contributed by atoms with E-state index in [1.54, 1.807) is 4.90 Å². The molecule has 0 radical (unpaired) electrons. The van der Waals surface area contributed by atoms with Crippen molar-refractivity contribution in [2.45, 2.75) is 27.3 Å². The molecule has 1 heterocycles. The molecule has 0 spiro atoms. The third kappa shape index (κ3) is 7.00. The summed E-state index contributed by atoms with van der Waals surface area (Å²) in [4.78, 5) is 44.1. The lowest BCUT2D eigenvalue weighted by Gasteiger charge is -2.36. The van der Waals surface area contributed by atoms with Crippen LogP contribution in [0.2, 0.25) is 0 Å². The number of piperazine rings is 1. The first kappa shape index (κ1) is 26.9. The fourth-order valence-electron chi connectivity index (χ4n) is 4.56. The molecule has 0 unspecified atom stereocenters. The summed E-state index contributed by atoms with van der Waals surface area (Å²) in [5, 5.41) is 2.92. The van der Waals surface area contributed by atoms with Crippen LogP contribution in [0.3, 0.4) is 0 Å². The minimum Gasteiger partial charge on any atom is -0.368 e. The number of aryl methyl sites for hydroxylation is 1. The third-order valence-electron chi connectivity index (χ3n) is 6.74. The number of carbonyl (C=O) groups excluding carboxylic acids is 3. The predicted molar refractivity (Wildman–Crippen MR) is 151 cm³/mol. The van der Waals surface area contributed by atoms with Gasteiger partial charge in [-0.15, -0.1) is 0 Å². The van der Waals surface area contributed by atoms with Gasteiger partial charge in [0.05, 0.1) is 0 Å². The quantitative estimate of drug-likeness (QED) is 0.480. The predicted octanol–water partition coefficient (Wildman–Crippen LogP) is 4.58. The molecule has 0 aromatic heterocycles. The highest BCUT2D eigenvalue weighted by molar-refractivity contribution is 5.95. The van der Waals surface area contributed by atoms with Gasteiger partial charge >= 0.3 is 0 Å². The second kappa shape index (κ2) is 12.4. The van der Waals surface area contributed by atoms with Crippen molar-refractivity contribution in [2.75, 3.05) is 42.9 Å². The summed E-state index contributed by atoms with van der Waals surface area (Å²) in [5.74, 6) is -0.413. The van der Waals surface area contributed by atoms with Gasteiger partial charge in [0, 0.05) is 55.6 Å². The Morgan fingerprint density at radius 3 is 2.08 bits per heavy atom. The Labute approximate surface area is 225 Å². The van der Waals surface area contributed by atoms with Crippen molar-refractivity contribution in [1.82, 2.24) is 9.80 Å². The molecular formula is C31H36N4O3. The zero-order valence-corrected chi connectivity index (χ0v) is 22.4. The number of anilines is 2. The molecule has 0 atom stereocenters. The maximum Gasteiger partial charge on any atom is 0.253 e. The average Bonchev–Trinajstić information content (AvgIpc) is 2.93. The van der Waals surface area contributed by atoms with Crippen LogP contribution >= 0.6 is 0 Å². The van der Waals surface area contributed by atoms with Gasteiger partial charge in [0.25, 0.3) is 5.91 Å². The van der Waals surface area contributed by atoms with Gasteiger partial charge in [-0.3, -0.25) is 14.4 Å². The molecule has 1 N–H and O–H groups in total. The van der Waals surface area contributed by atoms with E-state index in [9.17, 15) is 14.4 Å². The number of hydrogen-bond acceptors (Lipinski definition) is 4. The molecule has 1 aliphatic heterocycles. The Kier molecular flexibility index (Phi) is 8.79. The molecule has 0 saturated carbocycles. The van der Waals surface area contributed by atoms with Gasteiger partial charge < -0.3 is 20.0 Å². The molecular weight excluding hydrogens is 476 g/mol. The first-order valence-corrected chi connectivity index (χ1v) is 13.1. The number of hydrogen-bond donors (Lipinski definition) is 1. The fourth-order valence-corrected chi connectivity index (χ4v) is 4.56. The molecule has 38 heavy (non-hydrogen) atoms. The van der Waals surface area contributed by atoms with Crippen molar-refractivity contribution >= 4 is 29.1 Å². The second-order valence-corrected chi connectivity index (χ2v) is 10.1.